The quantitative estimate of drug-likeness (QED) is 0.811. The number of ether oxygens (including phenoxy) is 2. The molecule has 1 aromatic rings. The van der Waals surface area contributed by atoms with Crippen LogP contribution in [0.2, 0.25) is 0 Å². The highest BCUT2D eigenvalue weighted by atomic mass is 16.5. The van der Waals surface area contributed by atoms with E-state index in [9.17, 15) is 5.11 Å². The van der Waals surface area contributed by atoms with Crippen LogP contribution in [0.25, 0.3) is 0 Å². The number of rotatable bonds is 5. The van der Waals surface area contributed by atoms with Gasteiger partial charge in [-0.25, -0.2) is 0 Å². The maximum absolute atomic E-state index is 9.38. The Morgan fingerprint density at radius 2 is 2.07 bits per heavy atom. The Bertz CT molecular complexity index is 308. The molecule has 0 saturated carbocycles. The lowest BCUT2D eigenvalue weighted by Crippen LogP contribution is -2.01. The lowest BCUT2D eigenvalue weighted by molar-refractivity contribution is 0.0969. The van der Waals surface area contributed by atoms with E-state index >= 15 is 0 Å². The van der Waals surface area contributed by atoms with Gasteiger partial charge < -0.3 is 14.6 Å². The second-order valence-corrected chi connectivity index (χ2v) is 3.92. The Morgan fingerprint density at radius 1 is 1.33 bits per heavy atom. The standard InChI is InChI=1S/C12H18O3/c1-9(2)7-15-8-10-4-5-11(13)12(6-10)14-3/h4-6,9,13H,7-8H2,1-3H3. The zero-order valence-electron chi connectivity index (χ0n) is 9.49. The van der Waals surface area contributed by atoms with Crippen LogP contribution in [0.5, 0.6) is 11.5 Å². The molecule has 3 nitrogen and oxygen atoms in total. The molecule has 15 heavy (non-hydrogen) atoms. The van der Waals surface area contributed by atoms with Crippen molar-refractivity contribution in [3.05, 3.63) is 23.8 Å². The highest BCUT2D eigenvalue weighted by Crippen LogP contribution is 2.26. The van der Waals surface area contributed by atoms with Gasteiger partial charge in [-0.15, -0.1) is 0 Å². The van der Waals surface area contributed by atoms with Crippen molar-refractivity contribution >= 4 is 0 Å². The summed E-state index contributed by atoms with van der Waals surface area (Å²) in [5, 5.41) is 9.38. The fraction of sp³-hybridized carbons (Fsp3) is 0.500. The highest BCUT2D eigenvalue weighted by molar-refractivity contribution is 5.41. The van der Waals surface area contributed by atoms with Crippen LogP contribution in [0, 0.1) is 5.92 Å². The van der Waals surface area contributed by atoms with Crippen molar-refractivity contribution in [3.8, 4) is 11.5 Å². The van der Waals surface area contributed by atoms with E-state index in [1.165, 1.54) is 7.11 Å². The average Bonchev–Trinajstić information content (AvgIpc) is 2.20. The van der Waals surface area contributed by atoms with Gasteiger partial charge in [0.15, 0.2) is 11.5 Å². The summed E-state index contributed by atoms with van der Waals surface area (Å²) < 4.78 is 10.5. The minimum absolute atomic E-state index is 0.158. The molecule has 0 atom stereocenters. The predicted octanol–water partition coefficient (Wildman–Crippen LogP) is 2.57. The molecule has 3 heteroatoms. The Hall–Kier alpha value is -1.22. The van der Waals surface area contributed by atoms with Crippen molar-refractivity contribution in [2.45, 2.75) is 20.5 Å². The van der Waals surface area contributed by atoms with Crippen molar-refractivity contribution in [1.82, 2.24) is 0 Å². The number of benzene rings is 1. The summed E-state index contributed by atoms with van der Waals surface area (Å²) in [4.78, 5) is 0. The summed E-state index contributed by atoms with van der Waals surface area (Å²) in [6, 6.07) is 5.24. The summed E-state index contributed by atoms with van der Waals surface area (Å²) in [6.07, 6.45) is 0. The lowest BCUT2D eigenvalue weighted by atomic mass is 10.2. The topological polar surface area (TPSA) is 38.7 Å². The Balaban J connectivity index is 2.54. The molecular weight excluding hydrogens is 192 g/mol. The number of phenolic OH excluding ortho intramolecular Hbond substituents is 1. The van der Waals surface area contributed by atoms with Gasteiger partial charge in [-0.1, -0.05) is 19.9 Å². The van der Waals surface area contributed by atoms with Crippen molar-refractivity contribution in [2.24, 2.45) is 5.92 Å². The van der Waals surface area contributed by atoms with E-state index in [0.29, 0.717) is 18.3 Å². The molecule has 1 aromatic carbocycles. The molecule has 84 valence electrons. The van der Waals surface area contributed by atoms with Gasteiger partial charge in [0.25, 0.3) is 0 Å². The van der Waals surface area contributed by atoms with Gasteiger partial charge in [0.1, 0.15) is 0 Å². The van der Waals surface area contributed by atoms with E-state index in [4.69, 9.17) is 9.47 Å². The first-order valence-corrected chi connectivity index (χ1v) is 5.07. The molecule has 0 amide bonds. The minimum Gasteiger partial charge on any atom is -0.504 e. The molecule has 0 saturated heterocycles. The van der Waals surface area contributed by atoms with E-state index in [-0.39, 0.29) is 5.75 Å². The van der Waals surface area contributed by atoms with E-state index in [1.54, 1.807) is 12.1 Å². The van der Waals surface area contributed by atoms with Gasteiger partial charge in [0.05, 0.1) is 13.7 Å². The van der Waals surface area contributed by atoms with E-state index < -0.39 is 0 Å². The third-order valence-corrected chi connectivity index (χ3v) is 1.96. The SMILES string of the molecule is COc1cc(COCC(C)C)ccc1O. The van der Waals surface area contributed by atoms with Crippen LogP contribution in [-0.4, -0.2) is 18.8 Å². The van der Waals surface area contributed by atoms with E-state index in [1.807, 2.05) is 6.07 Å². The van der Waals surface area contributed by atoms with Crippen molar-refractivity contribution in [1.29, 1.82) is 0 Å². The molecule has 0 aliphatic carbocycles. The van der Waals surface area contributed by atoms with Gasteiger partial charge in [0, 0.05) is 6.61 Å². The van der Waals surface area contributed by atoms with Gasteiger partial charge >= 0.3 is 0 Å². The second-order valence-electron chi connectivity index (χ2n) is 3.92. The van der Waals surface area contributed by atoms with Crippen molar-refractivity contribution in [2.75, 3.05) is 13.7 Å². The van der Waals surface area contributed by atoms with Crippen LogP contribution in [0.3, 0.4) is 0 Å². The molecule has 0 unspecified atom stereocenters. The van der Waals surface area contributed by atoms with Crippen molar-refractivity contribution < 1.29 is 14.6 Å². The molecule has 1 rings (SSSR count). The highest BCUT2D eigenvalue weighted by Gasteiger charge is 2.03. The second kappa shape index (κ2) is 5.61. The molecule has 0 aromatic heterocycles. The normalized spacial score (nSPS) is 10.7. The largest absolute Gasteiger partial charge is 0.504 e. The van der Waals surface area contributed by atoms with Gasteiger partial charge in [-0.2, -0.15) is 0 Å². The zero-order chi connectivity index (χ0) is 11.3. The zero-order valence-corrected chi connectivity index (χ0v) is 9.49. The first-order valence-electron chi connectivity index (χ1n) is 5.07. The number of aromatic hydroxyl groups is 1. The molecule has 0 bridgehead atoms. The Labute approximate surface area is 90.6 Å². The van der Waals surface area contributed by atoms with Crippen LogP contribution >= 0.6 is 0 Å². The molecular formula is C12H18O3. The Morgan fingerprint density at radius 3 is 2.67 bits per heavy atom. The smallest absolute Gasteiger partial charge is 0.160 e. The third kappa shape index (κ3) is 3.80. The summed E-state index contributed by atoms with van der Waals surface area (Å²) in [7, 11) is 1.54. The predicted molar refractivity (Wildman–Crippen MR) is 59.2 cm³/mol. The van der Waals surface area contributed by atoms with Crippen LogP contribution in [-0.2, 0) is 11.3 Å². The van der Waals surface area contributed by atoms with Gasteiger partial charge in [0.2, 0.25) is 0 Å². The van der Waals surface area contributed by atoms with Crippen molar-refractivity contribution in [3.63, 3.8) is 0 Å². The average molecular weight is 210 g/mol. The molecule has 0 aliphatic rings. The summed E-state index contributed by atoms with van der Waals surface area (Å²) >= 11 is 0. The lowest BCUT2D eigenvalue weighted by Gasteiger charge is -2.09. The molecule has 0 spiro atoms. The maximum atomic E-state index is 9.38. The number of hydrogen-bond donors (Lipinski definition) is 1. The first kappa shape index (κ1) is 11.9. The molecule has 0 fully saturated rings. The third-order valence-electron chi connectivity index (χ3n) is 1.96. The minimum atomic E-state index is 0.158. The molecule has 0 aliphatic heterocycles. The molecule has 0 radical (unpaired) electrons. The van der Waals surface area contributed by atoms with Crippen LogP contribution in [0.1, 0.15) is 19.4 Å². The first-order chi connectivity index (χ1) is 7.13. The summed E-state index contributed by atoms with van der Waals surface area (Å²) in [5.41, 5.74) is 1.00. The summed E-state index contributed by atoms with van der Waals surface area (Å²) in [6.45, 7) is 5.51. The number of hydrogen-bond acceptors (Lipinski definition) is 3. The Kier molecular flexibility index (Phi) is 4.43. The number of phenols is 1. The van der Waals surface area contributed by atoms with Crippen LogP contribution in [0.4, 0.5) is 0 Å². The fourth-order valence-electron chi connectivity index (χ4n) is 1.22. The van der Waals surface area contributed by atoms with E-state index in [2.05, 4.69) is 13.8 Å². The number of methoxy groups -OCH3 is 1. The van der Waals surface area contributed by atoms with Crippen LogP contribution < -0.4 is 4.74 Å². The van der Waals surface area contributed by atoms with E-state index in [0.717, 1.165) is 12.2 Å². The van der Waals surface area contributed by atoms with Gasteiger partial charge in [-0.05, 0) is 23.6 Å². The molecule has 1 N–H and O–H groups in total. The molecule has 0 heterocycles. The fourth-order valence-corrected chi connectivity index (χ4v) is 1.22. The van der Waals surface area contributed by atoms with Gasteiger partial charge in [-0.3, -0.25) is 0 Å². The monoisotopic (exact) mass is 210 g/mol. The maximum Gasteiger partial charge on any atom is 0.160 e. The van der Waals surface area contributed by atoms with Crippen LogP contribution in [0.15, 0.2) is 18.2 Å². The summed E-state index contributed by atoms with van der Waals surface area (Å²) in [5.74, 6) is 1.18.